The normalized spacial score (nSPS) is 15.1. The molecule has 0 heteroatoms. The Morgan fingerprint density at radius 3 is 1.78 bits per heavy atom. The third kappa shape index (κ3) is 4.68. The van der Waals surface area contributed by atoms with E-state index in [1.54, 1.807) is 0 Å². The van der Waals surface area contributed by atoms with Crippen LogP contribution in [0.25, 0.3) is 6.08 Å². The molecule has 100 valence electrons. The first-order valence-corrected chi connectivity index (χ1v) is 6.89. The van der Waals surface area contributed by atoms with Gasteiger partial charge in [0.1, 0.15) is 0 Å². The van der Waals surface area contributed by atoms with E-state index >= 15 is 0 Å². The Morgan fingerprint density at radius 2 is 1.39 bits per heavy atom. The molecule has 0 fully saturated rings. The van der Waals surface area contributed by atoms with E-state index in [9.17, 15) is 0 Å². The summed E-state index contributed by atoms with van der Waals surface area (Å²) in [6.45, 7) is 15.9. The summed E-state index contributed by atoms with van der Waals surface area (Å²) in [6.07, 6.45) is 4.47. The molecule has 0 N–H and O–H groups in total. The van der Waals surface area contributed by atoms with Crippen LogP contribution in [0.5, 0.6) is 0 Å². The lowest BCUT2D eigenvalue weighted by Gasteiger charge is -2.27. The summed E-state index contributed by atoms with van der Waals surface area (Å²) in [5.41, 5.74) is 3.28. The molecule has 1 aromatic carbocycles. The van der Waals surface area contributed by atoms with Crippen LogP contribution < -0.4 is 0 Å². The van der Waals surface area contributed by atoms with Crippen LogP contribution in [0.2, 0.25) is 0 Å². The maximum atomic E-state index is 2.31. The van der Waals surface area contributed by atoms with E-state index in [-0.39, 0.29) is 5.41 Å². The Labute approximate surface area is 113 Å². The monoisotopic (exact) mass is 244 g/mol. The fourth-order valence-corrected chi connectivity index (χ4v) is 1.74. The van der Waals surface area contributed by atoms with Crippen LogP contribution >= 0.6 is 0 Å². The van der Waals surface area contributed by atoms with Gasteiger partial charge >= 0.3 is 0 Å². The van der Waals surface area contributed by atoms with Gasteiger partial charge in [-0.2, -0.15) is 0 Å². The standard InChI is InChI=1S/C18H28/c1-14(18(5,6)7)16-10-8-15(9-11-16)12-13-17(2,3)4/h8-14H,1-7H3/b13-12+. The highest BCUT2D eigenvalue weighted by atomic mass is 14.3. The number of hydrogen-bond acceptors (Lipinski definition) is 0. The van der Waals surface area contributed by atoms with Crippen LogP contribution in [0.4, 0.5) is 0 Å². The molecule has 0 saturated carbocycles. The minimum atomic E-state index is 0.247. The predicted molar refractivity (Wildman–Crippen MR) is 82.8 cm³/mol. The van der Waals surface area contributed by atoms with Crippen molar-refractivity contribution in [3.05, 3.63) is 41.5 Å². The second-order valence-electron chi connectivity index (χ2n) is 7.45. The summed E-state index contributed by atoms with van der Waals surface area (Å²) in [4.78, 5) is 0. The lowest BCUT2D eigenvalue weighted by molar-refractivity contribution is 0.339. The van der Waals surface area contributed by atoms with Crippen molar-refractivity contribution in [2.24, 2.45) is 10.8 Å². The Hall–Kier alpha value is -1.04. The third-order valence-electron chi connectivity index (χ3n) is 3.51. The van der Waals surface area contributed by atoms with E-state index in [0.717, 1.165) is 0 Å². The minimum Gasteiger partial charge on any atom is -0.0785 e. The van der Waals surface area contributed by atoms with Gasteiger partial charge in [0.15, 0.2) is 0 Å². The average Bonchev–Trinajstić information content (AvgIpc) is 2.24. The SMILES string of the molecule is CC(c1ccc(/C=C/C(C)(C)C)cc1)C(C)(C)C. The molecule has 0 bridgehead atoms. The van der Waals surface area contributed by atoms with Crippen molar-refractivity contribution < 1.29 is 0 Å². The molecule has 0 amide bonds. The zero-order valence-corrected chi connectivity index (χ0v) is 13.0. The first kappa shape index (κ1) is 15.0. The topological polar surface area (TPSA) is 0 Å². The molecule has 0 aliphatic rings. The van der Waals surface area contributed by atoms with Gasteiger partial charge in [-0.3, -0.25) is 0 Å². The summed E-state index contributed by atoms with van der Waals surface area (Å²) in [5, 5.41) is 0. The van der Waals surface area contributed by atoms with E-state index in [4.69, 9.17) is 0 Å². The van der Waals surface area contributed by atoms with E-state index in [0.29, 0.717) is 11.3 Å². The molecule has 0 nitrogen and oxygen atoms in total. The van der Waals surface area contributed by atoms with Gasteiger partial charge in [-0.25, -0.2) is 0 Å². The van der Waals surface area contributed by atoms with Crippen molar-refractivity contribution in [1.29, 1.82) is 0 Å². The van der Waals surface area contributed by atoms with Crippen molar-refractivity contribution in [2.75, 3.05) is 0 Å². The van der Waals surface area contributed by atoms with Gasteiger partial charge in [0.25, 0.3) is 0 Å². The molecule has 0 radical (unpaired) electrons. The quantitative estimate of drug-likeness (QED) is 0.608. The number of allylic oxidation sites excluding steroid dienone is 1. The van der Waals surface area contributed by atoms with E-state index < -0.39 is 0 Å². The highest BCUT2D eigenvalue weighted by Crippen LogP contribution is 2.34. The largest absolute Gasteiger partial charge is 0.0785 e. The second-order valence-corrected chi connectivity index (χ2v) is 7.45. The fourth-order valence-electron chi connectivity index (χ4n) is 1.74. The summed E-state index contributed by atoms with van der Waals surface area (Å²) in [6, 6.07) is 8.97. The molecule has 0 aliphatic carbocycles. The lowest BCUT2D eigenvalue weighted by Crippen LogP contribution is -2.15. The maximum Gasteiger partial charge on any atom is -0.0142 e. The Bertz CT molecular complexity index is 393. The second kappa shape index (κ2) is 5.30. The summed E-state index contributed by atoms with van der Waals surface area (Å²) in [5.74, 6) is 0.582. The molecule has 0 saturated heterocycles. The van der Waals surface area contributed by atoms with Gasteiger partial charge in [-0.1, -0.05) is 84.9 Å². The fraction of sp³-hybridized carbons (Fsp3) is 0.556. The van der Waals surface area contributed by atoms with Crippen LogP contribution in [0.15, 0.2) is 30.3 Å². The van der Waals surface area contributed by atoms with Crippen LogP contribution in [0.3, 0.4) is 0 Å². The first-order chi connectivity index (χ1) is 8.09. The van der Waals surface area contributed by atoms with Crippen LogP contribution in [0, 0.1) is 10.8 Å². The van der Waals surface area contributed by atoms with Gasteiger partial charge in [0.05, 0.1) is 0 Å². The molecule has 0 aliphatic heterocycles. The van der Waals surface area contributed by atoms with Crippen LogP contribution in [0.1, 0.15) is 65.5 Å². The van der Waals surface area contributed by atoms with Gasteiger partial charge in [0.2, 0.25) is 0 Å². The zero-order chi connectivity index (χ0) is 14.0. The van der Waals surface area contributed by atoms with E-state index in [1.807, 2.05) is 0 Å². The smallest absolute Gasteiger partial charge is 0.0142 e. The summed E-state index contributed by atoms with van der Waals surface area (Å²) < 4.78 is 0. The van der Waals surface area contributed by atoms with E-state index in [2.05, 4.69) is 84.9 Å². The summed E-state index contributed by atoms with van der Waals surface area (Å²) in [7, 11) is 0. The van der Waals surface area contributed by atoms with Crippen molar-refractivity contribution in [3.8, 4) is 0 Å². The molecule has 1 atom stereocenters. The Balaban J connectivity index is 2.84. The first-order valence-electron chi connectivity index (χ1n) is 6.89. The predicted octanol–water partition coefficient (Wildman–Crippen LogP) is 5.90. The molecule has 0 spiro atoms. The number of hydrogen-bond donors (Lipinski definition) is 0. The molecule has 1 unspecified atom stereocenters. The Kier molecular flexibility index (Phi) is 4.42. The minimum absolute atomic E-state index is 0.247. The number of rotatable bonds is 2. The number of benzene rings is 1. The van der Waals surface area contributed by atoms with Crippen LogP contribution in [-0.2, 0) is 0 Å². The maximum absolute atomic E-state index is 2.31. The van der Waals surface area contributed by atoms with Gasteiger partial charge in [-0.15, -0.1) is 0 Å². The highest BCUT2D eigenvalue weighted by Gasteiger charge is 2.21. The van der Waals surface area contributed by atoms with Crippen molar-refractivity contribution in [3.63, 3.8) is 0 Å². The molecular formula is C18H28. The lowest BCUT2D eigenvalue weighted by atomic mass is 9.78. The van der Waals surface area contributed by atoms with Crippen molar-refractivity contribution in [2.45, 2.75) is 54.4 Å². The van der Waals surface area contributed by atoms with E-state index in [1.165, 1.54) is 11.1 Å². The van der Waals surface area contributed by atoms with Crippen molar-refractivity contribution >= 4 is 6.08 Å². The molecule has 1 aromatic rings. The van der Waals surface area contributed by atoms with Gasteiger partial charge < -0.3 is 0 Å². The average molecular weight is 244 g/mol. The highest BCUT2D eigenvalue weighted by molar-refractivity contribution is 5.50. The van der Waals surface area contributed by atoms with Gasteiger partial charge in [-0.05, 0) is 27.9 Å². The van der Waals surface area contributed by atoms with Crippen molar-refractivity contribution in [1.82, 2.24) is 0 Å². The van der Waals surface area contributed by atoms with Crippen LogP contribution in [-0.4, -0.2) is 0 Å². The zero-order valence-electron chi connectivity index (χ0n) is 13.0. The van der Waals surface area contributed by atoms with Gasteiger partial charge in [0, 0.05) is 0 Å². The summed E-state index contributed by atoms with van der Waals surface area (Å²) >= 11 is 0. The molecule has 1 rings (SSSR count). The molecular weight excluding hydrogens is 216 g/mol. The molecule has 0 heterocycles. The third-order valence-corrected chi connectivity index (χ3v) is 3.51. The molecule has 0 aromatic heterocycles. The molecule has 18 heavy (non-hydrogen) atoms. The Morgan fingerprint density at radius 1 is 0.889 bits per heavy atom.